The highest BCUT2D eigenvalue weighted by atomic mass is 32.1. The molecule has 2 saturated heterocycles. The Balaban J connectivity index is 1.79. The molecule has 0 amide bonds. The Morgan fingerprint density at radius 3 is 3.05 bits per heavy atom. The van der Waals surface area contributed by atoms with Crippen LogP contribution in [0.3, 0.4) is 0 Å². The fourth-order valence-corrected chi connectivity index (χ4v) is 4.00. The summed E-state index contributed by atoms with van der Waals surface area (Å²) < 4.78 is 14.9. The molecular weight excluding hydrogens is 284 g/mol. The molecule has 2 aliphatic rings. The van der Waals surface area contributed by atoms with Crippen molar-refractivity contribution in [3.05, 3.63) is 23.0 Å². The van der Waals surface area contributed by atoms with Gasteiger partial charge in [0.1, 0.15) is 11.3 Å². The predicted molar refractivity (Wildman–Crippen MR) is 84.5 cm³/mol. The topological polar surface area (TPSA) is 39.2 Å². The van der Waals surface area contributed by atoms with Gasteiger partial charge in [0.25, 0.3) is 0 Å². The van der Waals surface area contributed by atoms with Crippen LogP contribution in [0.5, 0.6) is 5.75 Å². The number of rotatable bonds is 4. The van der Waals surface area contributed by atoms with Crippen molar-refractivity contribution in [2.24, 2.45) is 0 Å². The van der Waals surface area contributed by atoms with E-state index < -0.39 is 0 Å². The van der Waals surface area contributed by atoms with Gasteiger partial charge in [0.2, 0.25) is 0 Å². The Morgan fingerprint density at radius 1 is 1.43 bits per heavy atom. The number of imidazole rings is 1. The lowest BCUT2D eigenvalue weighted by atomic mass is 9.95. The number of ether oxygens (including phenoxy) is 2. The quantitative estimate of drug-likeness (QED) is 0.868. The van der Waals surface area contributed by atoms with Gasteiger partial charge in [-0.3, -0.25) is 0 Å². The maximum absolute atomic E-state index is 6.00. The lowest BCUT2D eigenvalue weighted by molar-refractivity contribution is 0.0941. The van der Waals surface area contributed by atoms with Gasteiger partial charge in [-0.2, -0.15) is 0 Å². The van der Waals surface area contributed by atoms with Crippen LogP contribution in [0, 0.1) is 4.77 Å². The zero-order valence-electron chi connectivity index (χ0n) is 12.2. The molecule has 2 aromatic rings. The van der Waals surface area contributed by atoms with Gasteiger partial charge in [-0.1, -0.05) is 13.0 Å². The van der Waals surface area contributed by atoms with Crippen LogP contribution in [0.2, 0.25) is 0 Å². The molecule has 3 atom stereocenters. The van der Waals surface area contributed by atoms with Crippen molar-refractivity contribution in [2.45, 2.75) is 50.9 Å². The number of aromatic amines is 1. The van der Waals surface area contributed by atoms with Crippen LogP contribution in [0.1, 0.15) is 38.6 Å². The van der Waals surface area contributed by atoms with E-state index in [1.807, 2.05) is 12.1 Å². The van der Waals surface area contributed by atoms with E-state index in [1.165, 1.54) is 6.42 Å². The maximum Gasteiger partial charge on any atom is 0.178 e. The number of benzene rings is 1. The normalized spacial score (nSPS) is 27.6. The summed E-state index contributed by atoms with van der Waals surface area (Å²) in [6, 6.07) is 6.53. The highest BCUT2D eigenvalue weighted by Gasteiger charge is 2.42. The number of hydrogen-bond donors (Lipinski definition) is 1. The number of H-pyrrole nitrogens is 1. The van der Waals surface area contributed by atoms with Gasteiger partial charge in [-0.25, -0.2) is 0 Å². The first-order valence-electron chi connectivity index (χ1n) is 7.79. The van der Waals surface area contributed by atoms with Crippen molar-refractivity contribution in [3.63, 3.8) is 0 Å². The number of aromatic nitrogens is 2. The molecule has 2 fully saturated rings. The standard InChI is InChI=1S/C16H20N2O2S/c1-2-8-19-14-5-3-4-11-15(14)17-16(21)18(11)12-9-10-6-7-13(12)20-10/h3-5,10,12-13H,2,6-9H2,1H3,(H,17,21). The van der Waals surface area contributed by atoms with Crippen molar-refractivity contribution >= 4 is 23.3 Å². The molecule has 5 heteroatoms. The van der Waals surface area contributed by atoms with Crippen LogP contribution in [0.4, 0.5) is 0 Å². The lowest BCUT2D eigenvalue weighted by Crippen LogP contribution is -2.20. The van der Waals surface area contributed by atoms with Crippen molar-refractivity contribution in [2.75, 3.05) is 6.61 Å². The number of hydrogen-bond acceptors (Lipinski definition) is 3. The average Bonchev–Trinajstić information content (AvgIpc) is 3.17. The van der Waals surface area contributed by atoms with Crippen LogP contribution >= 0.6 is 12.2 Å². The molecule has 0 radical (unpaired) electrons. The molecule has 4 rings (SSSR count). The zero-order chi connectivity index (χ0) is 14.4. The minimum Gasteiger partial charge on any atom is -0.491 e. The molecule has 21 heavy (non-hydrogen) atoms. The third-order valence-corrected chi connectivity index (χ3v) is 4.88. The van der Waals surface area contributed by atoms with E-state index in [2.05, 4.69) is 22.5 Å². The molecule has 4 nitrogen and oxygen atoms in total. The fraction of sp³-hybridized carbons (Fsp3) is 0.562. The number of nitrogens with one attached hydrogen (secondary N) is 1. The predicted octanol–water partition coefficient (Wildman–Crippen LogP) is 3.98. The Morgan fingerprint density at radius 2 is 2.33 bits per heavy atom. The molecule has 0 spiro atoms. The number of fused-ring (bicyclic) bond motifs is 3. The van der Waals surface area contributed by atoms with Gasteiger partial charge in [-0.05, 0) is 50.0 Å². The van der Waals surface area contributed by atoms with E-state index in [0.29, 0.717) is 18.2 Å². The third-order valence-electron chi connectivity index (χ3n) is 4.58. The molecule has 112 valence electrons. The highest BCUT2D eigenvalue weighted by Crippen LogP contribution is 2.43. The molecule has 2 aliphatic heterocycles. The second kappa shape index (κ2) is 5.14. The Bertz CT molecular complexity index is 721. The molecule has 2 bridgehead atoms. The third kappa shape index (κ3) is 2.10. The average molecular weight is 304 g/mol. The molecule has 1 aromatic heterocycles. The monoisotopic (exact) mass is 304 g/mol. The number of para-hydroxylation sites is 1. The van der Waals surface area contributed by atoms with E-state index in [1.54, 1.807) is 0 Å². The van der Waals surface area contributed by atoms with Crippen molar-refractivity contribution < 1.29 is 9.47 Å². The summed E-state index contributed by atoms with van der Waals surface area (Å²) in [6.45, 7) is 2.84. The molecule has 3 heterocycles. The molecule has 1 N–H and O–H groups in total. The van der Waals surface area contributed by atoms with E-state index in [4.69, 9.17) is 21.7 Å². The van der Waals surface area contributed by atoms with E-state index in [0.717, 1.165) is 47.4 Å². The Kier molecular flexibility index (Phi) is 3.27. The van der Waals surface area contributed by atoms with Crippen LogP contribution in [-0.2, 0) is 4.74 Å². The summed E-state index contributed by atoms with van der Waals surface area (Å²) in [5, 5.41) is 0. The minimum absolute atomic E-state index is 0.320. The minimum atomic E-state index is 0.320. The Labute approximate surface area is 129 Å². The zero-order valence-corrected chi connectivity index (χ0v) is 13.0. The van der Waals surface area contributed by atoms with Gasteiger partial charge < -0.3 is 19.0 Å². The highest BCUT2D eigenvalue weighted by molar-refractivity contribution is 7.71. The molecule has 0 aliphatic carbocycles. The second-order valence-electron chi connectivity index (χ2n) is 5.98. The first kappa shape index (κ1) is 13.3. The summed E-state index contributed by atoms with van der Waals surface area (Å²) in [6.07, 6.45) is 5.16. The van der Waals surface area contributed by atoms with Crippen LogP contribution in [-0.4, -0.2) is 28.4 Å². The lowest BCUT2D eigenvalue weighted by Gasteiger charge is -2.21. The molecule has 3 unspecified atom stereocenters. The van der Waals surface area contributed by atoms with Gasteiger partial charge in [0, 0.05) is 0 Å². The fourth-order valence-electron chi connectivity index (χ4n) is 3.67. The van der Waals surface area contributed by atoms with Crippen molar-refractivity contribution in [1.29, 1.82) is 0 Å². The van der Waals surface area contributed by atoms with Crippen molar-refractivity contribution in [3.8, 4) is 5.75 Å². The summed E-state index contributed by atoms with van der Waals surface area (Å²) >= 11 is 5.57. The van der Waals surface area contributed by atoms with E-state index >= 15 is 0 Å². The Hall–Kier alpha value is -1.33. The second-order valence-corrected chi connectivity index (χ2v) is 6.36. The van der Waals surface area contributed by atoms with Crippen LogP contribution in [0.25, 0.3) is 11.0 Å². The smallest absolute Gasteiger partial charge is 0.178 e. The summed E-state index contributed by atoms with van der Waals surface area (Å²) in [4.78, 5) is 3.34. The summed E-state index contributed by atoms with van der Waals surface area (Å²) in [5.41, 5.74) is 2.15. The van der Waals surface area contributed by atoms with Crippen LogP contribution in [0.15, 0.2) is 18.2 Å². The van der Waals surface area contributed by atoms with Crippen molar-refractivity contribution in [1.82, 2.24) is 9.55 Å². The van der Waals surface area contributed by atoms with Gasteiger partial charge in [0.15, 0.2) is 4.77 Å². The van der Waals surface area contributed by atoms with Gasteiger partial charge in [-0.15, -0.1) is 0 Å². The number of nitrogens with zero attached hydrogens (tertiary/aromatic N) is 1. The first-order chi connectivity index (χ1) is 10.3. The van der Waals surface area contributed by atoms with E-state index in [9.17, 15) is 0 Å². The molecular formula is C16H20N2O2S. The molecule has 1 aromatic carbocycles. The first-order valence-corrected chi connectivity index (χ1v) is 8.20. The summed E-state index contributed by atoms with van der Waals surface area (Å²) in [5.74, 6) is 0.892. The SMILES string of the molecule is CCCOc1cccc2c1[nH]c(=S)n2C1CC2CCC1O2. The van der Waals surface area contributed by atoms with Crippen LogP contribution < -0.4 is 4.74 Å². The van der Waals surface area contributed by atoms with Gasteiger partial charge in [0.05, 0.1) is 30.4 Å². The maximum atomic E-state index is 6.00. The van der Waals surface area contributed by atoms with E-state index in [-0.39, 0.29) is 0 Å². The largest absolute Gasteiger partial charge is 0.491 e. The molecule has 0 saturated carbocycles. The summed E-state index contributed by atoms with van der Waals surface area (Å²) in [7, 11) is 0. The van der Waals surface area contributed by atoms with Gasteiger partial charge >= 0.3 is 0 Å².